The lowest BCUT2D eigenvalue weighted by atomic mass is 10.1. The number of hydrogen-bond donors (Lipinski definition) is 1. The van der Waals surface area contributed by atoms with Crippen LogP contribution in [-0.2, 0) is 10.0 Å². The largest absolute Gasteiger partial charge is 0.340 e. The van der Waals surface area contributed by atoms with Gasteiger partial charge in [-0.25, -0.2) is 17.9 Å². The van der Waals surface area contributed by atoms with Gasteiger partial charge in [0.05, 0.1) is 16.8 Å². The molecule has 0 bridgehead atoms. The Morgan fingerprint density at radius 1 is 0.828 bits per heavy atom. The summed E-state index contributed by atoms with van der Waals surface area (Å²) in [4.78, 5) is 14.3. The summed E-state index contributed by atoms with van der Waals surface area (Å²) in [6, 6.07) is 26.3. The molecule has 0 saturated carbocycles. The average molecular weight is 407 g/mol. The Balaban J connectivity index is 1.92. The minimum Gasteiger partial charge on any atom is -0.262 e. The summed E-state index contributed by atoms with van der Waals surface area (Å²) < 4.78 is 27.6. The van der Waals surface area contributed by atoms with Crippen LogP contribution in [0.25, 0.3) is 5.57 Å². The van der Waals surface area contributed by atoms with Crippen LogP contribution < -0.4 is 9.62 Å². The Morgan fingerprint density at radius 3 is 1.72 bits per heavy atom. The summed E-state index contributed by atoms with van der Waals surface area (Å²) in [5, 5.41) is 1.12. The van der Waals surface area contributed by atoms with E-state index >= 15 is 0 Å². The molecule has 1 N–H and O–H groups in total. The van der Waals surface area contributed by atoms with Gasteiger partial charge in [-0.3, -0.25) is 4.90 Å². The van der Waals surface area contributed by atoms with Gasteiger partial charge in [0.15, 0.2) is 0 Å². The molecule has 0 aliphatic carbocycles. The predicted molar refractivity (Wildman–Crippen MR) is 117 cm³/mol. The Hall–Kier alpha value is -3.38. The lowest BCUT2D eigenvalue weighted by molar-refractivity contribution is 0.253. The zero-order valence-electron chi connectivity index (χ0n) is 16.0. The minimum atomic E-state index is -4.00. The smallest absolute Gasteiger partial charge is 0.262 e. The second-order valence-corrected chi connectivity index (χ2v) is 7.85. The third-order valence-corrected chi connectivity index (χ3v) is 5.34. The first-order valence-corrected chi connectivity index (χ1v) is 10.8. The highest BCUT2D eigenvalue weighted by Gasteiger charge is 2.22. The van der Waals surface area contributed by atoms with Crippen LogP contribution in [0.2, 0.25) is 0 Å². The van der Waals surface area contributed by atoms with Crippen molar-refractivity contribution in [3.63, 3.8) is 0 Å². The number of anilines is 2. The SMILES string of the molecule is CCC(=CS(=O)(=O)NC(=O)N(c1ccccc1)c1ccccc1)c1ccccc1. The van der Waals surface area contributed by atoms with Gasteiger partial charge in [-0.15, -0.1) is 0 Å². The van der Waals surface area contributed by atoms with E-state index in [9.17, 15) is 13.2 Å². The number of rotatable bonds is 6. The van der Waals surface area contributed by atoms with E-state index in [1.54, 1.807) is 48.5 Å². The van der Waals surface area contributed by atoms with Crippen molar-refractivity contribution >= 4 is 33.0 Å². The van der Waals surface area contributed by atoms with Crippen molar-refractivity contribution < 1.29 is 13.2 Å². The van der Waals surface area contributed by atoms with Crippen LogP contribution in [0.15, 0.2) is 96.4 Å². The van der Waals surface area contributed by atoms with E-state index in [1.807, 2.05) is 49.4 Å². The second kappa shape index (κ2) is 9.21. The summed E-state index contributed by atoms with van der Waals surface area (Å²) in [6.45, 7) is 1.87. The molecule has 0 radical (unpaired) electrons. The van der Waals surface area contributed by atoms with Crippen molar-refractivity contribution in [3.05, 3.63) is 102 Å². The van der Waals surface area contributed by atoms with Crippen LogP contribution in [-0.4, -0.2) is 14.4 Å². The highest BCUT2D eigenvalue weighted by Crippen LogP contribution is 2.25. The molecular formula is C23H22N2O3S. The lowest BCUT2D eigenvalue weighted by Crippen LogP contribution is -2.39. The zero-order chi connectivity index (χ0) is 20.7. The quantitative estimate of drug-likeness (QED) is 0.603. The number of carbonyl (C=O) groups excluding carboxylic acids is 1. The first-order chi connectivity index (χ1) is 14.0. The number of hydrogen-bond acceptors (Lipinski definition) is 3. The standard InChI is InChI=1S/C23H22N2O3S/c1-2-19(20-12-6-3-7-13-20)18-29(27,28)24-23(26)25(21-14-8-4-9-15-21)22-16-10-5-11-17-22/h3-18H,2H2,1H3,(H,24,26). The lowest BCUT2D eigenvalue weighted by Gasteiger charge is -2.23. The molecule has 148 valence electrons. The molecular weight excluding hydrogens is 384 g/mol. The number of allylic oxidation sites excluding steroid dienone is 1. The third-order valence-electron chi connectivity index (χ3n) is 4.28. The minimum absolute atomic E-state index is 0.514. The molecule has 6 heteroatoms. The Kier molecular flexibility index (Phi) is 6.46. The van der Waals surface area contributed by atoms with E-state index in [0.717, 1.165) is 11.0 Å². The monoisotopic (exact) mass is 406 g/mol. The predicted octanol–water partition coefficient (Wildman–Crippen LogP) is 5.32. The summed E-state index contributed by atoms with van der Waals surface area (Å²) in [6.07, 6.45) is 0.514. The van der Waals surface area contributed by atoms with E-state index in [-0.39, 0.29) is 0 Å². The van der Waals surface area contributed by atoms with Crippen LogP contribution in [0.3, 0.4) is 0 Å². The van der Waals surface area contributed by atoms with Crippen molar-refractivity contribution in [2.45, 2.75) is 13.3 Å². The van der Waals surface area contributed by atoms with E-state index in [1.165, 1.54) is 4.90 Å². The first kappa shape index (κ1) is 20.4. The van der Waals surface area contributed by atoms with Crippen LogP contribution in [0.1, 0.15) is 18.9 Å². The molecule has 5 nitrogen and oxygen atoms in total. The van der Waals surface area contributed by atoms with E-state index in [0.29, 0.717) is 23.4 Å². The van der Waals surface area contributed by atoms with Gasteiger partial charge in [-0.2, -0.15) is 0 Å². The fraction of sp³-hybridized carbons (Fsp3) is 0.0870. The zero-order valence-corrected chi connectivity index (χ0v) is 16.8. The molecule has 3 rings (SSSR count). The van der Waals surface area contributed by atoms with E-state index < -0.39 is 16.1 Å². The highest BCUT2D eigenvalue weighted by molar-refractivity contribution is 7.93. The van der Waals surface area contributed by atoms with Gasteiger partial charge in [0, 0.05) is 0 Å². The number of nitrogens with zero attached hydrogens (tertiary/aromatic N) is 1. The molecule has 29 heavy (non-hydrogen) atoms. The van der Waals surface area contributed by atoms with Gasteiger partial charge in [0.1, 0.15) is 0 Å². The number of para-hydroxylation sites is 2. The van der Waals surface area contributed by atoms with Gasteiger partial charge < -0.3 is 0 Å². The first-order valence-electron chi connectivity index (χ1n) is 9.23. The summed E-state index contributed by atoms with van der Waals surface area (Å²) >= 11 is 0. The third kappa shape index (κ3) is 5.33. The molecule has 0 aliphatic heterocycles. The molecule has 0 aliphatic rings. The van der Waals surface area contributed by atoms with E-state index in [2.05, 4.69) is 4.72 Å². The van der Waals surface area contributed by atoms with Gasteiger partial charge in [-0.1, -0.05) is 73.7 Å². The number of nitrogens with one attached hydrogen (secondary N) is 1. The number of carbonyl (C=O) groups is 1. The van der Waals surface area contributed by atoms with Crippen molar-refractivity contribution in [1.29, 1.82) is 0 Å². The molecule has 0 spiro atoms. The summed E-state index contributed by atoms with van der Waals surface area (Å²) in [5.74, 6) is 0. The molecule has 0 atom stereocenters. The van der Waals surface area contributed by atoms with Crippen LogP contribution in [0.5, 0.6) is 0 Å². The maximum atomic E-state index is 13.0. The summed E-state index contributed by atoms with van der Waals surface area (Å²) in [7, 11) is -4.00. The topological polar surface area (TPSA) is 66.5 Å². The Morgan fingerprint density at radius 2 is 1.28 bits per heavy atom. The van der Waals surface area contributed by atoms with Crippen molar-refractivity contribution in [2.75, 3.05) is 4.90 Å². The fourth-order valence-corrected chi connectivity index (χ4v) is 4.00. The molecule has 3 aromatic carbocycles. The van der Waals surface area contributed by atoms with Gasteiger partial charge in [-0.05, 0) is 41.8 Å². The summed E-state index contributed by atoms with van der Waals surface area (Å²) in [5.41, 5.74) is 2.55. The van der Waals surface area contributed by atoms with Crippen molar-refractivity contribution in [1.82, 2.24) is 4.72 Å². The van der Waals surface area contributed by atoms with Crippen LogP contribution in [0, 0.1) is 0 Å². The average Bonchev–Trinajstić information content (AvgIpc) is 2.74. The molecule has 3 aromatic rings. The second-order valence-electron chi connectivity index (χ2n) is 6.32. The number of benzene rings is 3. The number of urea groups is 1. The highest BCUT2D eigenvalue weighted by atomic mass is 32.2. The normalized spacial score (nSPS) is 11.7. The molecule has 0 fully saturated rings. The van der Waals surface area contributed by atoms with Gasteiger partial charge in [0.2, 0.25) is 0 Å². The number of amides is 2. The van der Waals surface area contributed by atoms with Crippen LogP contribution in [0.4, 0.5) is 16.2 Å². The Bertz CT molecular complexity index is 1040. The number of sulfonamides is 1. The molecule has 0 saturated heterocycles. The van der Waals surface area contributed by atoms with Crippen molar-refractivity contribution in [2.24, 2.45) is 0 Å². The molecule has 0 heterocycles. The maximum Gasteiger partial charge on any atom is 0.340 e. The van der Waals surface area contributed by atoms with E-state index in [4.69, 9.17) is 0 Å². The molecule has 0 aromatic heterocycles. The van der Waals surface area contributed by atoms with Crippen LogP contribution >= 0.6 is 0 Å². The van der Waals surface area contributed by atoms with Crippen molar-refractivity contribution in [3.8, 4) is 0 Å². The van der Waals surface area contributed by atoms with Gasteiger partial charge >= 0.3 is 6.03 Å². The van der Waals surface area contributed by atoms with Gasteiger partial charge in [0.25, 0.3) is 10.0 Å². The molecule has 2 amide bonds. The Labute approximate surface area is 171 Å². The molecule has 0 unspecified atom stereocenters. The maximum absolute atomic E-state index is 13.0. The fourth-order valence-electron chi connectivity index (χ4n) is 2.93.